The minimum Gasteiger partial charge on any atom is -0.503 e. The maximum atomic E-state index is 12.0. The normalized spacial score (nSPS) is 23.3. The van der Waals surface area contributed by atoms with E-state index in [4.69, 9.17) is 18.0 Å². The van der Waals surface area contributed by atoms with Crippen LogP contribution in [-0.2, 0) is 4.57 Å². The van der Waals surface area contributed by atoms with Gasteiger partial charge in [0.25, 0.3) is 5.75 Å². The first-order valence-corrected chi connectivity index (χ1v) is 6.05. The van der Waals surface area contributed by atoms with Crippen molar-refractivity contribution >= 4 is 18.8 Å². The van der Waals surface area contributed by atoms with E-state index >= 15 is 0 Å². The Morgan fingerprint density at radius 2 is 1.88 bits per heavy atom. The van der Waals surface area contributed by atoms with Gasteiger partial charge < -0.3 is 23.1 Å². The maximum Gasteiger partial charge on any atom is 0.647 e. The van der Waals surface area contributed by atoms with Crippen LogP contribution in [0.4, 0.5) is 0 Å². The molecule has 7 nitrogen and oxygen atoms in total. The Bertz CT molecular complexity index is 790. The Balaban J connectivity index is 2.36. The van der Waals surface area contributed by atoms with E-state index in [2.05, 4.69) is 0 Å². The molecule has 0 saturated heterocycles. The Kier molecular flexibility index (Phi) is 1.27. The fourth-order valence-electron chi connectivity index (χ4n) is 1.85. The molecule has 1 aromatic heterocycles. The number of rotatable bonds is 0. The second-order valence-corrected chi connectivity index (χ2v) is 5.00. The molecule has 86 valence electrons. The minimum atomic E-state index is -3.93. The average molecular weight is 254 g/mol. The van der Waals surface area contributed by atoms with E-state index < -0.39 is 24.9 Å². The van der Waals surface area contributed by atoms with Gasteiger partial charge in [0.15, 0.2) is 17.2 Å². The third-order valence-corrected chi connectivity index (χ3v) is 3.77. The highest BCUT2D eigenvalue weighted by atomic mass is 31.2. The highest BCUT2D eigenvalue weighted by Gasteiger charge is 2.47. The molecule has 0 spiro atoms. The van der Waals surface area contributed by atoms with Crippen molar-refractivity contribution in [3.05, 3.63) is 22.6 Å². The summed E-state index contributed by atoms with van der Waals surface area (Å²) in [7, 11) is -3.93. The summed E-state index contributed by atoms with van der Waals surface area (Å²) in [4.78, 5) is 11.5. The maximum absolute atomic E-state index is 12.0. The molecule has 1 unspecified atom stereocenters. The van der Waals surface area contributed by atoms with Crippen LogP contribution >= 0.6 is 7.82 Å². The Morgan fingerprint density at radius 1 is 1.12 bits per heavy atom. The van der Waals surface area contributed by atoms with Gasteiger partial charge in [-0.1, -0.05) is 0 Å². The molecular formula is C9H3O7P. The van der Waals surface area contributed by atoms with Crippen molar-refractivity contribution in [3.63, 3.8) is 0 Å². The lowest BCUT2D eigenvalue weighted by Gasteiger charge is -2.10. The zero-order chi connectivity index (χ0) is 11.8. The van der Waals surface area contributed by atoms with Crippen LogP contribution in [-0.4, -0.2) is 5.11 Å². The molecule has 0 aliphatic carbocycles. The van der Waals surface area contributed by atoms with E-state index in [1.54, 1.807) is 0 Å². The lowest BCUT2D eigenvalue weighted by Crippen LogP contribution is -2.08. The minimum absolute atomic E-state index is 0.0610. The van der Waals surface area contributed by atoms with Gasteiger partial charge in [-0.25, -0.2) is 4.79 Å². The zero-order valence-corrected chi connectivity index (χ0v) is 8.89. The molecule has 8 heteroatoms. The van der Waals surface area contributed by atoms with Gasteiger partial charge >= 0.3 is 13.4 Å². The molecule has 1 N–H and O–H groups in total. The number of hydrogen-bond donors (Lipinski definition) is 1. The molecule has 0 fully saturated rings. The van der Waals surface area contributed by atoms with Gasteiger partial charge in [-0.15, -0.1) is 0 Å². The van der Waals surface area contributed by atoms with Crippen LogP contribution in [0.15, 0.2) is 21.3 Å². The van der Waals surface area contributed by atoms with E-state index in [-0.39, 0.29) is 22.5 Å². The molecular weight excluding hydrogens is 251 g/mol. The summed E-state index contributed by atoms with van der Waals surface area (Å²) >= 11 is 0. The van der Waals surface area contributed by atoms with Gasteiger partial charge in [-0.2, -0.15) is 4.57 Å². The van der Waals surface area contributed by atoms with Gasteiger partial charge in [0.2, 0.25) is 0 Å². The van der Waals surface area contributed by atoms with Crippen molar-refractivity contribution in [2.75, 3.05) is 0 Å². The third-order valence-electron chi connectivity index (χ3n) is 2.54. The number of phosphoric ester groups is 1. The average Bonchev–Trinajstić information content (AvgIpc) is 2.56. The lowest BCUT2D eigenvalue weighted by molar-refractivity contribution is 0.319. The van der Waals surface area contributed by atoms with Gasteiger partial charge in [-0.3, -0.25) is 0 Å². The predicted molar refractivity (Wildman–Crippen MR) is 53.6 cm³/mol. The van der Waals surface area contributed by atoms with E-state index in [1.807, 2.05) is 0 Å². The molecule has 2 aliphatic heterocycles. The fourth-order valence-corrected chi connectivity index (χ4v) is 3.14. The molecule has 1 atom stereocenters. The zero-order valence-electron chi connectivity index (χ0n) is 8.00. The highest BCUT2D eigenvalue weighted by Crippen LogP contribution is 2.64. The molecule has 4 rings (SSSR count). The summed E-state index contributed by atoms with van der Waals surface area (Å²) in [5.41, 5.74) is -0.831. The number of benzene rings is 1. The van der Waals surface area contributed by atoms with Crippen LogP contribution in [0.2, 0.25) is 0 Å². The van der Waals surface area contributed by atoms with Gasteiger partial charge in [0, 0.05) is 0 Å². The van der Waals surface area contributed by atoms with Crippen molar-refractivity contribution in [3.8, 4) is 23.0 Å². The lowest BCUT2D eigenvalue weighted by atomic mass is 10.2. The van der Waals surface area contributed by atoms with Crippen LogP contribution in [0.1, 0.15) is 0 Å². The standard InChI is InChI=1S/C9H3O7P/c10-6-5-3-1-2-4-7(5)15-17(12,14-4)16-8(6)9(11)13-3/h1-2,10H. The van der Waals surface area contributed by atoms with Gasteiger partial charge in [0.05, 0.1) is 0 Å². The second-order valence-electron chi connectivity index (χ2n) is 3.55. The molecule has 1 aromatic carbocycles. The monoisotopic (exact) mass is 254 g/mol. The first-order valence-electron chi connectivity index (χ1n) is 4.59. The van der Waals surface area contributed by atoms with E-state index in [9.17, 15) is 14.5 Å². The van der Waals surface area contributed by atoms with E-state index in [1.165, 1.54) is 12.1 Å². The molecule has 0 saturated carbocycles. The third kappa shape index (κ3) is 0.927. The number of fused-ring (bicyclic) bond motifs is 2. The topological polar surface area (TPSA) is 95.2 Å². The molecule has 2 aliphatic rings. The largest absolute Gasteiger partial charge is 0.647 e. The molecule has 4 bridgehead atoms. The van der Waals surface area contributed by atoms with E-state index in [0.29, 0.717) is 0 Å². The number of hydrogen-bond acceptors (Lipinski definition) is 7. The smallest absolute Gasteiger partial charge is 0.503 e. The van der Waals surface area contributed by atoms with Crippen molar-refractivity contribution < 1.29 is 27.7 Å². The molecule has 0 radical (unpaired) electrons. The first-order chi connectivity index (χ1) is 8.07. The summed E-state index contributed by atoms with van der Waals surface area (Å²) in [6.07, 6.45) is 0. The van der Waals surface area contributed by atoms with Crippen molar-refractivity contribution in [2.45, 2.75) is 0 Å². The predicted octanol–water partition coefficient (Wildman–Crippen LogP) is 1.77. The van der Waals surface area contributed by atoms with Crippen molar-refractivity contribution in [1.29, 1.82) is 0 Å². The summed E-state index contributed by atoms with van der Waals surface area (Å²) in [5.74, 6) is -0.771. The van der Waals surface area contributed by atoms with Gasteiger partial charge in [0.1, 0.15) is 11.0 Å². The van der Waals surface area contributed by atoms with Gasteiger partial charge in [-0.05, 0) is 12.1 Å². The molecule has 3 heterocycles. The van der Waals surface area contributed by atoms with Crippen LogP contribution in [0, 0.1) is 0 Å². The SMILES string of the molecule is O=c1oc2ccc3c4c2c(O)c1OP(=O)(O3)O4. The van der Waals surface area contributed by atoms with Crippen LogP contribution in [0.5, 0.6) is 23.0 Å². The number of aromatic hydroxyl groups is 1. The van der Waals surface area contributed by atoms with Crippen molar-refractivity contribution in [1.82, 2.24) is 0 Å². The molecule has 0 amide bonds. The highest BCUT2D eigenvalue weighted by molar-refractivity contribution is 7.50. The van der Waals surface area contributed by atoms with Crippen LogP contribution < -0.4 is 19.2 Å². The molecule has 2 aromatic rings. The summed E-state index contributed by atoms with van der Waals surface area (Å²) < 4.78 is 31.7. The Labute approximate surface area is 92.8 Å². The number of phosphoric acid groups is 1. The van der Waals surface area contributed by atoms with Crippen LogP contribution in [0.3, 0.4) is 0 Å². The Hall–Kier alpha value is -2.14. The fraction of sp³-hybridized carbons (Fsp3) is 0. The summed E-state index contributed by atoms with van der Waals surface area (Å²) in [6, 6.07) is 2.84. The van der Waals surface area contributed by atoms with E-state index in [0.717, 1.165) is 0 Å². The summed E-state index contributed by atoms with van der Waals surface area (Å²) in [5, 5.41) is 9.99. The summed E-state index contributed by atoms with van der Waals surface area (Å²) in [6.45, 7) is 0. The second kappa shape index (κ2) is 2.41. The quantitative estimate of drug-likeness (QED) is 0.565. The Morgan fingerprint density at radius 3 is 2.71 bits per heavy atom. The van der Waals surface area contributed by atoms with Crippen molar-refractivity contribution in [2.24, 2.45) is 0 Å². The van der Waals surface area contributed by atoms with Crippen LogP contribution in [0.25, 0.3) is 11.0 Å². The first kappa shape index (κ1) is 8.95. The molecule has 17 heavy (non-hydrogen) atoms.